The number of carbonyl (C=O) groups is 1. The summed E-state index contributed by atoms with van der Waals surface area (Å²) in [6.07, 6.45) is 1.67. The van der Waals surface area contributed by atoms with Crippen LogP contribution in [-0.2, 0) is 0 Å². The molecule has 0 aliphatic heterocycles. The topological polar surface area (TPSA) is 107 Å². The molecule has 0 fully saturated rings. The molecule has 3 aromatic rings. The zero-order valence-corrected chi connectivity index (χ0v) is 15.5. The highest BCUT2D eigenvalue weighted by atomic mass is 32.2. The van der Waals surface area contributed by atoms with Gasteiger partial charge in [0.25, 0.3) is 5.95 Å². The average molecular weight is 388 g/mol. The van der Waals surface area contributed by atoms with Gasteiger partial charge >= 0.3 is 0 Å². The number of nitrogens with one attached hydrogen (secondary N) is 1. The Hall–Kier alpha value is -2.85. The molecule has 8 nitrogen and oxygen atoms in total. The fourth-order valence-corrected chi connectivity index (χ4v) is 3.30. The summed E-state index contributed by atoms with van der Waals surface area (Å²) in [5, 5.41) is 14.3. The number of ketones is 1. The highest BCUT2D eigenvalue weighted by molar-refractivity contribution is 7.99. The molecule has 2 heterocycles. The van der Waals surface area contributed by atoms with E-state index < -0.39 is 0 Å². The van der Waals surface area contributed by atoms with Gasteiger partial charge in [0.15, 0.2) is 5.78 Å². The van der Waals surface area contributed by atoms with Crippen LogP contribution in [0.1, 0.15) is 15.2 Å². The van der Waals surface area contributed by atoms with E-state index in [1.54, 1.807) is 48.9 Å². The summed E-state index contributed by atoms with van der Waals surface area (Å²) in [6, 6.07) is 10.8. The third-order valence-corrected chi connectivity index (χ3v) is 5.06. The van der Waals surface area contributed by atoms with Gasteiger partial charge < -0.3 is 10.6 Å². The molecule has 26 heavy (non-hydrogen) atoms. The monoisotopic (exact) mass is 388 g/mol. The normalized spacial score (nSPS) is 11.0. The third-order valence-electron chi connectivity index (χ3n) is 3.31. The van der Waals surface area contributed by atoms with Crippen LogP contribution in [-0.4, -0.2) is 39.7 Å². The Balaban J connectivity index is 1.56. The molecular formula is C16H16N6O2S2. The number of rotatable bonds is 8. The number of aromatic nitrogens is 3. The molecule has 0 saturated carbocycles. The van der Waals surface area contributed by atoms with Crippen molar-refractivity contribution in [2.24, 2.45) is 5.10 Å². The zero-order chi connectivity index (χ0) is 18.4. The first-order valence-corrected chi connectivity index (χ1v) is 9.37. The first-order chi connectivity index (χ1) is 12.7. The molecule has 2 aromatic heterocycles. The first-order valence-electron chi connectivity index (χ1n) is 7.50. The summed E-state index contributed by atoms with van der Waals surface area (Å²) in [4.78, 5) is 13.2. The molecule has 10 heteroatoms. The maximum atomic E-state index is 12.2. The molecule has 0 aliphatic rings. The van der Waals surface area contributed by atoms with Crippen molar-refractivity contribution < 1.29 is 9.53 Å². The summed E-state index contributed by atoms with van der Waals surface area (Å²) in [6.45, 7) is 0. The minimum Gasteiger partial charge on any atom is -0.497 e. The van der Waals surface area contributed by atoms with Gasteiger partial charge in [-0.05, 0) is 35.7 Å². The number of ether oxygens (including phenoxy) is 1. The van der Waals surface area contributed by atoms with Crippen LogP contribution in [0.5, 0.6) is 5.75 Å². The van der Waals surface area contributed by atoms with E-state index >= 15 is 0 Å². The number of hydrogen-bond acceptors (Lipinski definition) is 9. The summed E-state index contributed by atoms with van der Waals surface area (Å²) in [7, 11) is 1.58. The Morgan fingerprint density at radius 2 is 2.19 bits per heavy atom. The lowest BCUT2D eigenvalue weighted by atomic mass is 10.1. The predicted octanol–water partition coefficient (Wildman–Crippen LogP) is 2.48. The second-order valence-corrected chi connectivity index (χ2v) is 6.92. The average Bonchev–Trinajstić information content (AvgIpc) is 3.31. The number of methoxy groups -OCH3 is 1. The molecule has 0 saturated heterocycles. The van der Waals surface area contributed by atoms with Crippen molar-refractivity contribution in [3.05, 3.63) is 52.2 Å². The van der Waals surface area contributed by atoms with E-state index in [0.717, 1.165) is 4.88 Å². The van der Waals surface area contributed by atoms with Crippen molar-refractivity contribution in [3.63, 3.8) is 0 Å². The smallest absolute Gasteiger partial charge is 0.264 e. The third kappa shape index (κ3) is 4.41. The Kier molecular flexibility index (Phi) is 5.87. The number of hydrogen-bond donors (Lipinski definition) is 2. The van der Waals surface area contributed by atoms with E-state index in [0.29, 0.717) is 16.5 Å². The number of thioether (sulfide) groups is 1. The zero-order valence-electron chi connectivity index (χ0n) is 13.8. The lowest BCUT2D eigenvalue weighted by molar-refractivity contribution is 0.102. The maximum Gasteiger partial charge on any atom is 0.264 e. The highest BCUT2D eigenvalue weighted by Gasteiger charge is 2.13. The Bertz CT molecular complexity index is 890. The number of nitrogens with two attached hydrogens (primary N) is 1. The summed E-state index contributed by atoms with van der Waals surface area (Å²) in [5.74, 6) is 7.09. The fourth-order valence-electron chi connectivity index (χ4n) is 1.96. The molecule has 3 rings (SSSR count). The molecular weight excluding hydrogens is 372 g/mol. The second-order valence-electron chi connectivity index (χ2n) is 5.00. The number of benzene rings is 1. The van der Waals surface area contributed by atoms with Crippen molar-refractivity contribution in [3.8, 4) is 5.75 Å². The van der Waals surface area contributed by atoms with Gasteiger partial charge in [-0.1, -0.05) is 17.8 Å². The van der Waals surface area contributed by atoms with Crippen molar-refractivity contribution in [2.45, 2.75) is 5.16 Å². The Morgan fingerprint density at radius 3 is 2.88 bits per heavy atom. The number of nitrogen functional groups attached to an aromatic ring is 1. The minimum atomic E-state index is -0.0362. The molecule has 0 spiro atoms. The molecule has 0 aliphatic carbocycles. The number of thiophene rings is 1. The summed E-state index contributed by atoms with van der Waals surface area (Å²) >= 11 is 2.77. The van der Waals surface area contributed by atoms with Gasteiger partial charge in [-0.25, -0.2) is 10.1 Å². The van der Waals surface area contributed by atoms with E-state index in [9.17, 15) is 4.79 Å². The van der Waals surface area contributed by atoms with Gasteiger partial charge in [0, 0.05) is 10.4 Å². The van der Waals surface area contributed by atoms with Crippen LogP contribution < -0.4 is 16.0 Å². The van der Waals surface area contributed by atoms with E-state index in [1.807, 2.05) is 17.5 Å². The summed E-state index contributed by atoms with van der Waals surface area (Å²) in [5.41, 5.74) is 3.33. The Morgan fingerprint density at radius 1 is 1.38 bits per heavy atom. The number of anilines is 1. The van der Waals surface area contributed by atoms with Crippen LogP contribution in [0, 0.1) is 0 Å². The number of carbonyl (C=O) groups excluding carboxylic acids is 1. The molecule has 134 valence electrons. The van der Waals surface area contributed by atoms with Crippen LogP contribution in [0.2, 0.25) is 0 Å². The van der Waals surface area contributed by atoms with Gasteiger partial charge in [-0.15, -0.1) is 21.5 Å². The van der Waals surface area contributed by atoms with Crippen LogP contribution in [0.25, 0.3) is 0 Å². The van der Waals surface area contributed by atoms with Crippen molar-refractivity contribution in [1.29, 1.82) is 0 Å². The number of Topliss-reactive ketones (excluding diaryl/α,β-unsaturated/α-hetero) is 1. The van der Waals surface area contributed by atoms with E-state index in [2.05, 4.69) is 20.7 Å². The lowest BCUT2D eigenvalue weighted by Crippen LogP contribution is -2.14. The minimum absolute atomic E-state index is 0.0362. The summed E-state index contributed by atoms with van der Waals surface area (Å²) < 4.78 is 6.34. The molecule has 0 bridgehead atoms. The fraction of sp³-hybridized carbons (Fsp3) is 0.125. The maximum absolute atomic E-state index is 12.2. The predicted molar refractivity (Wildman–Crippen MR) is 104 cm³/mol. The Labute approximate surface area is 158 Å². The first kappa shape index (κ1) is 18.0. The van der Waals surface area contributed by atoms with E-state index in [4.69, 9.17) is 10.6 Å². The SMILES string of the molecule is COc1ccc(C(=O)CSc2nnc(N/N=C/c3cccs3)n2N)cc1. The van der Waals surface area contributed by atoms with Crippen molar-refractivity contribution in [1.82, 2.24) is 14.9 Å². The van der Waals surface area contributed by atoms with Gasteiger partial charge in [-0.3, -0.25) is 4.79 Å². The molecule has 0 amide bonds. The van der Waals surface area contributed by atoms with E-state index in [-0.39, 0.29) is 17.5 Å². The van der Waals surface area contributed by atoms with Crippen molar-refractivity contribution in [2.75, 3.05) is 24.1 Å². The van der Waals surface area contributed by atoms with Crippen LogP contribution in [0.4, 0.5) is 5.95 Å². The van der Waals surface area contributed by atoms with Crippen LogP contribution in [0.3, 0.4) is 0 Å². The van der Waals surface area contributed by atoms with Gasteiger partial charge in [0.05, 0.1) is 19.1 Å². The second kappa shape index (κ2) is 8.50. The highest BCUT2D eigenvalue weighted by Crippen LogP contribution is 2.19. The van der Waals surface area contributed by atoms with Gasteiger partial charge in [0.1, 0.15) is 5.75 Å². The molecule has 1 aromatic carbocycles. The molecule has 0 atom stereocenters. The molecule has 0 unspecified atom stereocenters. The van der Waals surface area contributed by atoms with Crippen LogP contribution >= 0.6 is 23.1 Å². The standard InChI is InChI=1S/C16H16N6O2S2/c1-24-12-6-4-11(5-7-12)14(23)10-26-16-21-20-15(22(16)17)19-18-9-13-3-2-8-25-13/h2-9H,10,17H2,1H3,(H,19,20)/b18-9+. The van der Waals surface area contributed by atoms with Gasteiger partial charge in [-0.2, -0.15) is 5.10 Å². The van der Waals surface area contributed by atoms with Crippen LogP contribution in [0.15, 0.2) is 52.0 Å². The van der Waals surface area contributed by atoms with Gasteiger partial charge in [0.2, 0.25) is 5.16 Å². The molecule has 3 N–H and O–H groups in total. The van der Waals surface area contributed by atoms with E-state index in [1.165, 1.54) is 16.4 Å². The van der Waals surface area contributed by atoms with Crippen molar-refractivity contribution >= 4 is 41.0 Å². The molecule has 0 radical (unpaired) electrons. The quantitative estimate of drug-likeness (QED) is 0.201. The number of hydrazone groups is 1. The number of nitrogens with zero attached hydrogens (tertiary/aromatic N) is 4. The largest absolute Gasteiger partial charge is 0.497 e. The lowest BCUT2D eigenvalue weighted by Gasteiger charge is -2.04.